The molecule has 0 radical (unpaired) electrons. The summed E-state index contributed by atoms with van der Waals surface area (Å²) in [6.07, 6.45) is 0. The van der Waals surface area contributed by atoms with Crippen LogP contribution in [0.3, 0.4) is 0 Å². The van der Waals surface area contributed by atoms with E-state index in [9.17, 15) is 8.42 Å². The van der Waals surface area contributed by atoms with Gasteiger partial charge in [-0.2, -0.15) is 0 Å². The quantitative estimate of drug-likeness (QED) is 0.706. The Morgan fingerprint density at radius 3 is 3.06 bits per heavy atom. The number of anilines is 2. The largest absolute Gasteiger partial charge is 0.381 e. The SMILES string of the molecule is O=S1(=O)CCN2c3ccc(I)cc3NCC2C1. The molecule has 1 atom stereocenters. The molecule has 3 rings (SSSR count). The number of sulfone groups is 1. The Hall–Kier alpha value is -0.500. The third-order valence-electron chi connectivity index (χ3n) is 3.33. The van der Waals surface area contributed by atoms with Crippen LogP contribution in [0.5, 0.6) is 0 Å². The molecule has 2 heterocycles. The fourth-order valence-corrected chi connectivity index (χ4v) is 4.52. The van der Waals surface area contributed by atoms with E-state index in [-0.39, 0.29) is 17.5 Å². The number of benzene rings is 1. The van der Waals surface area contributed by atoms with Crippen LogP contribution >= 0.6 is 22.6 Å². The highest BCUT2D eigenvalue weighted by molar-refractivity contribution is 14.1. The predicted molar refractivity (Wildman–Crippen MR) is 77.4 cm³/mol. The lowest BCUT2D eigenvalue weighted by molar-refractivity contribution is 0.559. The van der Waals surface area contributed by atoms with Crippen LogP contribution in [-0.4, -0.2) is 39.1 Å². The molecule has 1 unspecified atom stereocenters. The van der Waals surface area contributed by atoms with Crippen molar-refractivity contribution in [1.29, 1.82) is 0 Å². The molecule has 0 spiro atoms. The van der Waals surface area contributed by atoms with Crippen LogP contribution < -0.4 is 10.2 Å². The Morgan fingerprint density at radius 2 is 2.24 bits per heavy atom. The number of nitrogens with one attached hydrogen (secondary N) is 1. The van der Waals surface area contributed by atoms with Gasteiger partial charge in [0.25, 0.3) is 0 Å². The molecule has 6 heteroatoms. The zero-order valence-electron chi connectivity index (χ0n) is 9.19. The zero-order chi connectivity index (χ0) is 12.0. The van der Waals surface area contributed by atoms with Gasteiger partial charge in [0.05, 0.1) is 28.9 Å². The van der Waals surface area contributed by atoms with Gasteiger partial charge >= 0.3 is 0 Å². The normalized spacial score (nSPS) is 25.7. The smallest absolute Gasteiger partial charge is 0.154 e. The van der Waals surface area contributed by atoms with Crippen molar-refractivity contribution in [2.75, 3.05) is 34.8 Å². The summed E-state index contributed by atoms with van der Waals surface area (Å²) >= 11 is 2.28. The third kappa shape index (κ3) is 2.12. The standard InChI is InChI=1S/C11H13IN2O2S/c12-8-1-2-11-10(5-8)13-6-9-7-17(15,16)4-3-14(9)11/h1-2,5,9,13H,3-4,6-7H2. The maximum Gasteiger partial charge on any atom is 0.154 e. The molecule has 2 aliphatic rings. The topological polar surface area (TPSA) is 49.4 Å². The van der Waals surface area contributed by atoms with E-state index in [2.05, 4.69) is 51.0 Å². The second-order valence-electron chi connectivity index (χ2n) is 4.50. The van der Waals surface area contributed by atoms with Crippen molar-refractivity contribution in [3.05, 3.63) is 21.8 Å². The lowest BCUT2D eigenvalue weighted by Crippen LogP contribution is -2.54. The summed E-state index contributed by atoms with van der Waals surface area (Å²) in [5.41, 5.74) is 2.25. The molecule has 0 bridgehead atoms. The van der Waals surface area contributed by atoms with Crippen molar-refractivity contribution in [3.63, 3.8) is 0 Å². The van der Waals surface area contributed by atoms with Crippen LogP contribution in [0.1, 0.15) is 0 Å². The van der Waals surface area contributed by atoms with E-state index in [1.807, 2.05) is 0 Å². The molecule has 17 heavy (non-hydrogen) atoms. The van der Waals surface area contributed by atoms with Crippen LogP contribution in [0.15, 0.2) is 18.2 Å². The average Bonchev–Trinajstić information content (AvgIpc) is 2.27. The van der Waals surface area contributed by atoms with Gasteiger partial charge in [-0.15, -0.1) is 0 Å². The van der Waals surface area contributed by atoms with Gasteiger partial charge < -0.3 is 10.2 Å². The highest BCUT2D eigenvalue weighted by Gasteiger charge is 2.34. The molecule has 1 saturated heterocycles. The molecule has 92 valence electrons. The Kier molecular flexibility index (Phi) is 2.73. The van der Waals surface area contributed by atoms with Gasteiger partial charge in [0.2, 0.25) is 0 Å². The van der Waals surface area contributed by atoms with Gasteiger partial charge in [-0.3, -0.25) is 0 Å². The number of hydrogen-bond acceptors (Lipinski definition) is 4. The summed E-state index contributed by atoms with van der Waals surface area (Å²) in [7, 11) is -2.85. The van der Waals surface area contributed by atoms with E-state index in [1.165, 1.54) is 3.57 Å². The minimum Gasteiger partial charge on any atom is -0.381 e. The molecule has 1 N–H and O–H groups in total. The Balaban J connectivity index is 1.98. The fraction of sp³-hybridized carbons (Fsp3) is 0.455. The molecule has 0 saturated carbocycles. The monoisotopic (exact) mass is 364 g/mol. The molecule has 0 amide bonds. The molecular formula is C11H13IN2O2S. The first-order valence-electron chi connectivity index (χ1n) is 5.56. The van der Waals surface area contributed by atoms with Crippen molar-refractivity contribution < 1.29 is 8.42 Å². The van der Waals surface area contributed by atoms with Crippen LogP contribution in [0, 0.1) is 3.57 Å². The number of halogens is 1. The van der Waals surface area contributed by atoms with Crippen molar-refractivity contribution >= 4 is 43.8 Å². The van der Waals surface area contributed by atoms with Gasteiger partial charge in [0.1, 0.15) is 0 Å². The maximum absolute atomic E-state index is 11.6. The zero-order valence-corrected chi connectivity index (χ0v) is 12.2. The highest BCUT2D eigenvalue weighted by Crippen LogP contribution is 2.34. The van der Waals surface area contributed by atoms with Crippen LogP contribution in [0.4, 0.5) is 11.4 Å². The van der Waals surface area contributed by atoms with E-state index < -0.39 is 9.84 Å². The summed E-state index contributed by atoms with van der Waals surface area (Å²) in [5.74, 6) is 0.542. The molecule has 0 aromatic heterocycles. The van der Waals surface area contributed by atoms with Crippen molar-refractivity contribution in [3.8, 4) is 0 Å². The Labute approximate surface area is 114 Å². The molecule has 1 fully saturated rings. The van der Waals surface area contributed by atoms with Crippen molar-refractivity contribution in [2.24, 2.45) is 0 Å². The molecule has 2 aliphatic heterocycles. The molecular weight excluding hydrogens is 351 g/mol. The van der Waals surface area contributed by atoms with E-state index in [4.69, 9.17) is 0 Å². The Morgan fingerprint density at radius 1 is 1.41 bits per heavy atom. The Bertz CT molecular complexity index is 559. The van der Waals surface area contributed by atoms with Crippen LogP contribution in [0.25, 0.3) is 0 Å². The van der Waals surface area contributed by atoms with Crippen molar-refractivity contribution in [2.45, 2.75) is 6.04 Å². The summed E-state index contributed by atoms with van der Waals surface area (Å²) < 4.78 is 24.4. The second kappa shape index (κ2) is 4.01. The number of fused-ring (bicyclic) bond motifs is 3. The second-order valence-corrected chi connectivity index (χ2v) is 7.98. The summed E-state index contributed by atoms with van der Waals surface area (Å²) in [5, 5.41) is 3.33. The average molecular weight is 364 g/mol. The maximum atomic E-state index is 11.6. The molecule has 0 aliphatic carbocycles. The van der Waals surface area contributed by atoms with E-state index >= 15 is 0 Å². The molecule has 1 aromatic rings. The predicted octanol–water partition coefficient (Wildman–Crippen LogP) is 1.32. The summed E-state index contributed by atoms with van der Waals surface area (Å²) in [6.45, 7) is 1.33. The minimum absolute atomic E-state index is 0.0845. The van der Waals surface area contributed by atoms with Crippen LogP contribution in [-0.2, 0) is 9.84 Å². The lowest BCUT2D eigenvalue weighted by Gasteiger charge is -2.42. The number of hydrogen-bond donors (Lipinski definition) is 1. The number of nitrogens with zero attached hydrogens (tertiary/aromatic N) is 1. The summed E-state index contributed by atoms with van der Waals surface area (Å²) in [4.78, 5) is 2.23. The third-order valence-corrected chi connectivity index (χ3v) is 5.69. The molecule has 1 aromatic carbocycles. The minimum atomic E-state index is -2.85. The van der Waals surface area contributed by atoms with E-state index in [0.29, 0.717) is 13.1 Å². The van der Waals surface area contributed by atoms with Crippen molar-refractivity contribution in [1.82, 2.24) is 0 Å². The molecule has 4 nitrogen and oxygen atoms in total. The van der Waals surface area contributed by atoms with Gasteiger partial charge in [-0.25, -0.2) is 8.42 Å². The van der Waals surface area contributed by atoms with Crippen LogP contribution in [0.2, 0.25) is 0 Å². The lowest BCUT2D eigenvalue weighted by atomic mass is 10.1. The fourth-order valence-electron chi connectivity index (χ4n) is 2.50. The first-order valence-corrected chi connectivity index (χ1v) is 8.46. The first kappa shape index (κ1) is 11.6. The first-order chi connectivity index (χ1) is 8.05. The highest BCUT2D eigenvalue weighted by atomic mass is 127. The van der Waals surface area contributed by atoms with Gasteiger partial charge in [-0.05, 0) is 40.8 Å². The number of rotatable bonds is 0. The van der Waals surface area contributed by atoms with Gasteiger partial charge in [0.15, 0.2) is 9.84 Å². The van der Waals surface area contributed by atoms with E-state index in [1.54, 1.807) is 0 Å². The van der Waals surface area contributed by atoms with Gasteiger partial charge in [-0.1, -0.05) is 0 Å². The van der Waals surface area contributed by atoms with Gasteiger partial charge in [0, 0.05) is 16.7 Å². The van der Waals surface area contributed by atoms with E-state index in [0.717, 1.165) is 11.4 Å². The summed E-state index contributed by atoms with van der Waals surface area (Å²) in [6, 6.07) is 6.33.